The second kappa shape index (κ2) is 7.94. The fourth-order valence-electron chi connectivity index (χ4n) is 4.29. The molecule has 3 aromatic rings. The molecular formula is C23H23N3O4S. The van der Waals surface area contributed by atoms with Gasteiger partial charge in [0.25, 0.3) is 5.91 Å². The third-order valence-electron chi connectivity index (χ3n) is 5.90. The first-order valence-corrected chi connectivity index (χ1v) is 11.9. The summed E-state index contributed by atoms with van der Waals surface area (Å²) in [5.41, 5.74) is 2.35. The second-order valence-electron chi connectivity index (χ2n) is 7.82. The average Bonchev–Trinajstić information content (AvgIpc) is 3.47. The van der Waals surface area contributed by atoms with Gasteiger partial charge in [0.15, 0.2) is 6.61 Å². The molecule has 0 spiro atoms. The summed E-state index contributed by atoms with van der Waals surface area (Å²) in [5, 5.41) is 0.950. The summed E-state index contributed by atoms with van der Waals surface area (Å²) in [7, 11) is -3.47. The first-order chi connectivity index (χ1) is 15.0. The van der Waals surface area contributed by atoms with Crippen molar-refractivity contribution in [3.8, 4) is 5.75 Å². The van der Waals surface area contributed by atoms with Crippen LogP contribution in [0, 0.1) is 0 Å². The first kappa shape index (κ1) is 20.0. The van der Waals surface area contributed by atoms with Gasteiger partial charge in [-0.1, -0.05) is 18.2 Å². The van der Waals surface area contributed by atoms with E-state index in [9.17, 15) is 13.2 Å². The van der Waals surface area contributed by atoms with E-state index in [1.54, 1.807) is 39.7 Å². The van der Waals surface area contributed by atoms with E-state index in [2.05, 4.69) is 4.98 Å². The summed E-state index contributed by atoms with van der Waals surface area (Å²) in [6.07, 6.45) is 4.12. The van der Waals surface area contributed by atoms with Crippen molar-refractivity contribution in [3.63, 3.8) is 0 Å². The lowest BCUT2D eigenvalue weighted by molar-refractivity contribution is -0.120. The Kier molecular flexibility index (Phi) is 5.11. The SMILES string of the molecule is O=C(COc1cccc2cccnc12)N1CCc2cc(S(=O)(=O)N3CCCC3)ccc21. The number of hydrogen-bond acceptors (Lipinski definition) is 5. The van der Waals surface area contributed by atoms with E-state index in [-0.39, 0.29) is 12.5 Å². The van der Waals surface area contributed by atoms with Crippen LogP contribution in [0.25, 0.3) is 10.9 Å². The van der Waals surface area contributed by atoms with Crippen molar-refractivity contribution >= 4 is 32.5 Å². The molecule has 0 aliphatic carbocycles. The van der Waals surface area contributed by atoms with Crippen molar-refractivity contribution in [2.75, 3.05) is 31.1 Å². The van der Waals surface area contributed by atoms with Crippen molar-refractivity contribution in [1.29, 1.82) is 0 Å². The Labute approximate surface area is 181 Å². The molecule has 0 radical (unpaired) electrons. The normalized spacial score (nSPS) is 16.6. The number of fused-ring (bicyclic) bond motifs is 2. The highest BCUT2D eigenvalue weighted by atomic mass is 32.2. The summed E-state index contributed by atoms with van der Waals surface area (Å²) in [4.78, 5) is 19.2. The zero-order chi connectivity index (χ0) is 21.4. The molecule has 0 unspecified atom stereocenters. The lowest BCUT2D eigenvalue weighted by atomic mass is 10.2. The van der Waals surface area contributed by atoms with Gasteiger partial charge in [-0.15, -0.1) is 0 Å². The third kappa shape index (κ3) is 3.66. The number of benzene rings is 2. The number of anilines is 1. The highest BCUT2D eigenvalue weighted by molar-refractivity contribution is 7.89. The average molecular weight is 438 g/mol. The maximum Gasteiger partial charge on any atom is 0.264 e. The van der Waals surface area contributed by atoms with Crippen molar-refractivity contribution in [2.45, 2.75) is 24.2 Å². The molecule has 31 heavy (non-hydrogen) atoms. The monoisotopic (exact) mass is 437 g/mol. The van der Waals surface area contributed by atoms with Crippen LogP contribution >= 0.6 is 0 Å². The topological polar surface area (TPSA) is 79.8 Å². The number of pyridine rings is 1. The van der Waals surface area contributed by atoms with E-state index in [0.29, 0.717) is 36.7 Å². The maximum absolute atomic E-state index is 12.9. The van der Waals surface area contributed by atoms with E-state index in [1.807, 2.05) is 24.3 Å². The van der Waals surface area contributed by atoms with Crippen LogP contribution in [-0.4, -0.2) is 49.9 Å². The number of carbonyl (C=O) groups excluding carboxylic acids is 1. The lowest BCUT2D eigenvalue weighted by Crippen LogP contribution is -2.33. The van der Waals surface area contributed by atoms with Crippen molar-refractivity contribution in [3.05, 3.63) is 60.3 Å². The van der Waals surface area contributed by atoms with Crippen molar-refractivity contribution in [2.24, 2.45) is 0 Å². The molecule has 2 aliphatic rings. The number of ether oxygens (including phenoxy) is 1. The minimum Gasteiger partial charge on any atom is -0.481 e. The zero-order valence-electron chi connectivity index (χ0n) is 17.0. The van der Waals surface area contributed by atoms with Gasteiger partial charge in [-0.3, -0.25) is 9.78 Å². The molecule has 1 amide bonds. The summed E-state index contributed by atoms with van der Waals surface area (Å²) < 4.78 is 33.0. The Hall–Kier alpha value is -2.97. The standard InChI is InChI=1S/C23H23N3O4S/c27-22(16-30-21-7-3-5-17-6-4-11-24-23(17)21)26-14-10-18-15-19(8-9-20(18)26)31(28,29)25-12-1-2-13-25/h3-9,11,15H,1-2,10,12-14,16H2. The van der Waals surface area contributed by atoms with Gasteiger partial charge in [-0.2, -0.15) is 4.31 Å². The van der Waals surface area contributed by atoms with Gasteiger partial charge in [0, 0.05) is 36.9 Å². The molecular weight excluding hydrogens is 414 g/mol. The molecule has 1 saturated heterocycles. The van der Waals surface area contributed by atoms with Gasteiger partial charge in [0.05, 0.1) is 4.90 Å². The summed E-state index contributed by atoms with van der Waals surface area (Å²) in [6, 6.07) is 14.5. The number of rotatable bonds is 5. The number of hydrogen-bond donors (Lipinski definition) is 0. The van der Waals surface area contributed by atoms with E-state index in [1.165, 1.54) is 0 Å². The number of sulfonamides is 1. The molecule has 0 N–H and O–H groups in total. The molecule has 2 aliphatic heterocycles. The van der Waals surface area contributed by atoms with Crippen LogP contribution < -0.4 is 9.64 Å². The van der Waals surface area contributed by atoms with Gasteiger partial charge in [0.1, 0.15) is 11.3 Å². The molecule has 0 saturated carbocycles. The molecule has 160 valence electrons. The van der Waals surface area contributed by atoms with E-state index in [0.717, 1.165) is 35.0 Å². The van der Waals surface area contributed by atoms with E-state index < -0.39 is 10.0 Å². The number of aromatic nitrogens is 1. The van der Waals surface area contributed by atoms with Crippen LogP contribution in [-0.2, 0) is 21.2 Å². The maximum atomic E-state index is 12.9. The highest BCUT2D eigenvalue weighted by Gasteiger charge is 2.30. The smallest absolute Gasteiger partial charge is 0.264 e. The van der Waals surface area contributed by atoms with Crippen LogP contribution in [0.15, 0.2) is 59.6 Å². The molecule has 0 atom stereocenters. The van der Waals surface area contributed by atoms with E-state index >= 15 is 0 Å². The largest absolute Gasteiger partial charge is 0.481 e. The van der Waals surface area contributed by atoms with Gasteiger partial charge in [-0.05, 0) is 55.2 Å². The summed E-state index contributed by atoms with van der Waals surface area (Å²) in [6.45, 7) is 1.55. The Morgan fingerprint density at radius 3 is 2.68 bits per heavy atom. The van der Waals surface area contributed by atoms with Crippen molar-refractivity contribution < 1.29 is 17.9 Å². The quantitative estimate of drug-likeness (QED) is 0.613. The number of carbonyl (C=O) groups is 1. The molecule has 1 fully saturated rings. The fourth-order valence-corrected chi connectivity index (χ4v) is 5.85. The summed E-state index contributed by atoms with van der Waals surface area (Å²) in [5.74, 6) is 0.403. The third-order valence-corrected chi connectivity index (χ3v) is 7.79. The van der Waals surface area contributed by atoms with Crippen LogP contribution in [0.3, 0.4) is 0 Å². The highest BCUT2D eigenvalue weighted by Crippen LogP contribution is 2.32. The van der Waals surface area contributed by atoms with Gasteiger partial charge in [0.2, 0.25) is 10.0 Å². The van der Waals surface area contributed by atoms with E-state index in [4.69, 9.17) is 4.74 Å². The number of nitrogens with zero attached hydrogens (tertiary/aromatic N) is 3. The van der Waals surface area contributed by atoms with Crippen LogP contribution in [0.5, 0.6) is 5.75 Å². The summed E-state index contributed by atoms with van der Waals surface area (Å²) >= 11 is 0. The van der Waals surface area contributed by atoms with Crippen LogP contribution in [0.2, 0.25) is 0 Å². The molecule has 8 heteroatoms. The molecule has 3 heterocycles. The predicted octanol–water partition coefficient (Wildman–Crippen LogP) is 2.99. The van der Waals surface area contributed by atoms with Gasteiger partial charge in [-0.25, -0.2) is 8.42 Å². The number of amides is 1. The van der Waals surface area contributed by atoms with Gasteiger partial charge < -0.3 is 9.64 Å². The fraction of sp³-hybridized carbons (Fsp3) is 0.304. The Morgan fingerprint density at radius 1 is 1.03 bits per heavy atom. The molecule has 7 nitrogen and oxygen atoms in total. The zero-order valence-corrected chi connectivity index (χ0v) is 17.8. The predicted molar refractivity (Wildman–Crippen MR) is 118 cm³/mol. The minimum absolute atomic E-state index is 0.108. The Balaban J connectivity index is 1.32. The first-order valence-electron chi connectivity index (χ1n) is 10.4. The Bertz CT molecular complexity index is 1250. The molecule has 0 bridgehead atoms. The molecule has 2 aromatic carbocycles. The second-order valence-corrected chi connectivity index (χ2v) is 9.75. The lowest BCUT2D eigenvalue weighted by Gasteiger charge is -2.19. The van der Waals surface area contributed by atoms with Gasteiger partial charge >= 0.3 is 0 Å². The minimum atomic E-state index is -3.47. The molecule has 1 aromatic heterocycles. The Morgan fingerprint density at radius 2 is 1.84 bits per heavy atom. The van der Waals surface area contributed by atoms with Crippen molar-refractivity contribution in [1.82, 2.24) is 9.29 Å². The van der Waals surface area contributed by atoms with Crippen LogP contribution in [0.1, 0.15) is 18.4 Å². The number of para-hydroxylation sites is 1. The van der Waals surface area contributed by atoms with Crippen LogP contribution in [0.4, 0.5) is 5.69 Å². The molecule has 5 rings (SSSR count).